The number of carbonyl (C=O) groups is 2. The monoisotopic (exact) mass is 461 g/mol. The lowest BCUT2D eigenvalue weighted by Gasteiger charge is -2.15. The predicted octanol–water partition coefficient (Wildman–Crippen LogP) is 5.61. The van der Waals surface area contributed by atoms with Crippen molar-refractivity contribution in [1.29, 1.82) is 0 Å². The molecule has 0 bridgehead atoms. The zero-order chi connectivity index (χ0) is 23.5. The Morgan fingerprint density at radius 2 is 1.73 bits per heavy atom. The van der Waals surface area contributed by atoms with E-state index < -0.39 is 18.0 Å². The average Bonchev–Trinajstić information content (AvgIpc) is 2.81. The van der Waals surface area contributed by atoms with Crippen molar-refractivity contribution in [2.24, 2.45) is 0 Å². The van der Waals surface area contributed by atoms with E-state index >= 15 is 0 Å². The first-order valence-electron chi connectivity index (χ1n) is 10.2. The maximum absolute atomic E-state index is 13.0. The highest BCUT2D eigenvalue weighted by molar-refractivity contribution is 6.30. The van der Waals surface area contributed by atoms with Crippen molar-refractivity contribution in [3.8, 4) is 11.3 Å². The second kappa shape index (κ2) is 9.30. The molecule has 0 spiro atoms. The third-order valence-corrected chi connectivity index (χ3v) is 5.38. The number of halogens is 1. The molecule has 0 aliphatic rings. The summed E-state index contributed by atoms with van der Waals surface area (Å²) in [5.74, 6) is -0.923. The smallest absolute Gasteiger partial charge is 0.342 e. The fourth-order valence-corrected chi connectivity index (χ4v) is 3.61. The third kappa shape index (κ3) is 4.66. The molecule has 33 heavy (non-hydrogen) atoms. The molecule has 1 amide bonds. The molecule has 0 fully saturated rings. The minimum atomic E-state index is -1.10. The van der Waals surface area contributed by atoms with E-state index in [0.717, 1.165) is 0 Å². The second-order valence-corrected chi connectivity index (χ2v) is 7.92. The predicted molar refractivity (Wildman–Crippen MR) is 128 cm³/mol. The molecular weight excluding hydrogens is 442 g/mol. The Labute approximate surface area is 194 Å². The number of carbonyl (C=O) groups excluding carboxylic acids is 2. The zero-order valence-corrected chi connectivity index (χ0v) is 18.7. The van der Waals surface area contributed by atoms with E-state index in [4.69, 9.17) is 20.8 Å². The summed E-state index contributed by atoms with van der Waals surface area (Å²) in [4.78, 5) is 38.4. The minimum absolute atomic E-state index is 0.0594. The fourth-order valence-electron chi connectivity index (χ4n) is 3.42. The molecule has 1 atom stereocenters. The molecule has 6 nitrogen and oxygen atoms in total. The Morgan fingerprint density at radius 1 is 1.00 bits per heavy atom. The molecular formula is C26H20ClNO5. The molecule has 7 heteroatoms. The summed E-state index contributed by atoms with van der Waals surface area (Å²) < 4.78 is 11.4. The van der Waals surface area contributed by atoms with E-state index in [-0.39, 0.29) is 22.0 Å². The second-order valence-electron chi connectivity index (χ2n) is 7.48. The lowest BCUT2D eigenvalue weighted by molar-refractivity contribution is -0.123. The van der Waals surface area contributed by atoms with Gasteiger partial charge in [-0.25, -0.2) is 4.79 Å². The Bertz CT molecular complexity index is 1410. The van der Waals surface area contributed by atoms with Crippen molar-refractivity contribution in [3.63, 3.8) is 0 Å². The summed E-state index contributed by atoms with van der Waals surface area (Å²) in [5, 5.41) is 3.38. The molecule has 1 unspecified atom stereocenters. The highest BCUT2D eigenvalue weighted by Gasteiger charge is 2.23. The maximum atomic E-state index is 13.0. The van der Waals surface area contributed by atoms with Gasteiger partial charge in [0.15, 0.2) is 17.1 Å². The number of rotatable bonds is 5. The van der Waals surface area contributed by atoms with Gasteiger partial charge in [0.25, 0.3) is 5.91 Å². The van der Waals surface area contributed by atoms with E-state index in [0.29, 0.717) is 27.6 Å². The van der Waals surface area contributed by atoms with Gasteiger partial charge in [0, 0.05) is 21.8 Å². The van der Waals surface area contributed by atoms with Crippen LogP contribution in [0.2, 0.25) is 5.02 Å². The SMILES string of the molecule is Cc1c(-c2ccccc2)oc2c(C(=O)OC(C)C(=O)Nc3cccc(Cl)c3)cccc2c1=O. The van der Waals surface area contributed by atoms with Gasteiger partial charge in [0.05, 0.1) is 5.39 Å². The van der Waals surface area contributed by atoms with Gasteiger partial charge in [-0.2, -0.15) is 0 Å². The number of esters is 1. The van der Waals surface area contributed by atoms with E-state index in [1.165, 1.54) is 13.0 Å². The van der Waals surface area contributed by atoms with E-state index in [2.05, 4.69) is 5.32 Å². The molecule has 1 aromatic heterocycles. The average molecular weight is 462 g/mol. The molecule has 4 rings (SSSR count). The molecule has 3 aromatic carbocycles. The summed E-state index contributed by atoms with van der Waals surface area (Å²) in [6.07, 6.45) is -1.10. The standard InChI is InChI=1S/C26H20ClNO5/c1-15-22(29)20-12-7-13-21(24(20)33-23(15)17-8-4-3-5-9-17)26(31)32-16(2)25(30)28-19-11-6-10-18(27)14-19/h3-14,16H,1-2H3,(H,28,30). The van der Waals surface area contributed by atoms with Crippen LogP contribution in [0.1, 0.15) is 22.8 Å². The third-order valence-electron chi connectivity index (χ3n) is 5.15. The number of ether oxygens (including phenoxy) is 1. The van der Waals surface area contributed by atoms with Crippen molar-refractivity contribution in [1.82, 2.24) is 0 Å². The van der Waals surface area contributed by atoms with Crippen molar-refractivity contribution >= 4 is 40.1 Å². The van der Waals surface area contributed by atoms with Crippen LogP contribution in [0.5, 0.6) is 0 Å². The van der Waals surface area contributed by atoms with Crippen molar-refractivity contribution in [2.75, 3.05) is 5.32 Å². The van der Waals surface area contributed by atoms with Crippen molar-refractivity contribution in [2.45, 2.75) is 20.0 Å². The molecule has 4 aromatic rings. The fraction of sp³-hybridized carbons (Fsp3) is 0.115. The summed E-state index contributed by atoms with van der Waals surface area (Å²) in [6.45, 7) is 3.14. The summed E-state index contributed by atoms with van der Waals surface area (Å²) >= 11 is 5.94. The van der Waals surface area contributed by atoms with Crippen LogP contribution >= 0.6 is 11.6 Å². The van der Waals surface area contributed by atoms with Crippen LogP contribution in [-0.4, -0.2) is 18.0 Å². The summed E-state index contributed by atoms with van der Waals surface area (Å²) in [7, 11) is 0. The molecule has 0 saturated carbocycles. The van der Waals surface area contributed by atoms with Crippen LogP contribution in [-0.2, 0) is 9.53 Å². The quantitative estimate of drug-likeness (QED) is 0.390. The first-order chi connectivity index (χ1) is 15.8. The number of hydrogen-bond donors (Lipinski definition) is 1. The molecule has 166 valence electrons. The number of benzene rings is 3. The zero-order valence-electron chi connectivity index (χ0n) is 17.9. The number of fused-ring (bicyclic) bond motifs is 1. The first-order valence-corrected chi connectivity index (χ1v) is 10.6. The first kappa shape index (κ1) is 22.3. The normalized spacial score (nSPS) is 11.7. The van der Waals surface area contributed by atoms with Crippen LogP contribution in [0.4, 0.5) is 5.69 Å². The molecule has 1 N–H and O–H groups in total. The van der Waals surface area contributed by atoms with Crippen LogP contribution < -0.4 is 10.7 Å². The summed E-state index contributed by atoms with van der Waals surface area (Å²) in [6, 6.07) is 20.5. The van der Waals surface area contributed by atoms with Gasteiger partial charge in [0.2, 0.25) is 0 Å². The Kier molecular flexibility index (Phi) is 6.29. The highest BCUT2D eigenvalue weighted by Crippen LogP contribution is 2.27. The number of anilines is 1. The Morgan fingerprint density at radius 3 is 2.45 bits per heavy atom. The largest absolute Gasteiger partial charge is 0.455 e. The molecule has 1 heterocycles. The van der Waals surface area contributed by atoms with Gasteiger partial charge in [-0.1, -0.05) is 54.1 Å². The number of amides is 1. The van der Waals surface area contributed by atoms with E-state index in [1.54, 1.807) is 43.3 Å². The van der Waals surface area contributed by atoms with E-state index in [1.807, 2.05) is 30.3 Å². The minimum Gasteiger partial charge on any atom is -0.455 e. The van der Waals surface area contributed by atoms with E-state index in [9.17, 15) is 14.4 Å². The molecule has 0 aliphatic carbocycles. The Balaban J connectivity index is 1.65. The van der Waals surface area contributed by atoms with Crippen molar-refractivity contribution < 1.29 is 18.7 Å². The topological polar surface area (TPSA) is 85.6 Å². The van der Waals surface area contributed by atoms with Gasteiger partial charge in [-0.15, -0.1) is 0 Å². The van der Waals surface area contributed by atoms with Crippen LogP contribution in [0.25, 0.3) is 22.3 Å². The number of hydrogen-bond acceptors (Lipinski definition) is 5. The van der Waals surface area contributed by atoms with Crippen LogP contribution in [0, 0.1) is 6.92 Å². The highest BCUT2D eigenvalue weighted by atomic mass is 35.5. The van der Waals surface area contributed by atoms with Gasteiger partial charge >= 0.3 is 5.97 Å². The lowest BCUT2D eigenvalue weighted by atomic mass is 10.0. The van der Waals surface area contributed by atoms with Gasteiger partial charge < -0.3 is 14.5 Å². The maximum Gasteiger partial charge on any atom is 0.342 e. The number of nitrogens with one attached hydrogen (secondary N) is 1. The molecule has 0 aliphatic heterocycles. The summed E-state index contributed by atoms with van der Waals surface area (Å²) in [5.41, 5.74) is 1.56. The van der Waals surface area contributed by atoms with Gasteiger partial charge in [-0.3, -0.25) is 9.59 Å². The van der Waals surface area contributed by atoms with Gasteiger partial charge in [0.1, 0.15) is 11.3 Å². The molecule has 0 saturated heterocycles. The van der Waals surface area contributed by atoms with Crippen LogP contribution in [0.15, 0.2) is 82.0 Å². The van der Waals surface area contributed by atoms with Crippen LogP contribution in [0.3, 0.4) is 0 Å². The number of para-hydroxylation sites is 1. The van der Waals surface area contributed by atoms with Crippen molar-refractivity contribution in [3.05, 3.63) is 99.2 Å². The Hall–Kier alpha value is -3.90. The molecule has 0 radical (unpaired) electrons. The lowest BCUT2D eigenvalue weighted by Crippen LogP contribution is -2.30. The van der Waals surface area contributed by atoms with Gasteiger partial charge in [-0.05, 0) is 44.2 Å².